The Hall–Kier alpha value is -2.89. The number of unbranched alkanes of at least 4 members (excludes halogenated alkanes) is 14. The fourth-order valence-corrected chi connectivity index (χ4v) is 4.85. The predicted molar refractivity (Wildman–Crippen MR) is 161 cm³/mol. The molecule has 0 bridgehead atoms. The minimum Gasteiger partial charge on any atom is -0.490 e. The Morgan fingerprint density at radius 2 is 1.03 bits per heavy atom. The lowest BCUT2D eigenvalue weighted by Gasteiger charge is -2.15. The number of ether oxygens (including phenoxy) is 2. The van der Waals surface area contributed by atoms with Gasteiger partial charge in [0.25, 0.3) is 0 Å². The molecule has 0 aliphatic carbocycles. The Kier molecular flexibility index (Phi) is 15.1. The highest BCUT2D eigenvalue weighted by Gasteiger charge is 2.10. The van der Waals surface area contributed by atoms with Gasteiger partial charge in [-0.25, -0.2) is 0 Å². The minimum atomic E-state index is 0.598. The Morgan fingerprint density at radius 3 is 1.56 bits per heavy atom. The van der Waals surface area contributed by atoms with E-state index in [2.05, 4.69) is 64.8 Å². The van der Waals surface area contributed by atoms with Gasteiger partial charge in [-0.15, -0.1) is 10.2 Å². The molecule has 0 spiro atoms. The molecule has 3 aromatic rings. The van der Waals surface area contributed by atoms with Crippen molar-refractivity contribution < 1.29 is 9.47 Å². The topological polar surface area (TPSA) is 72.9 Å². The number of hydrogen-bond acceptors (Lipinski definition) is 5. The van der Waals surface area contributed by atoms with E-state index in [9.17, 15) is 0 Å². The Labute approximate surface area is 236 Å². The number of aromatic nitrogens is 4. The van der Waals surface area contributed by atoms with Crippen molar-refractivity contribution in [2.24, 2.45) is 0 Å². The highest BCUT2D eigenvalue weighted by atomic mass is 16.5. The molecule has 6 nitrogen and oxygen atoms in total. The van der Waals surface area contributed by atoms with E-state index in [1.165, 1.54) is 89.9 Å². The van der Waals surface area contributed by atoms with Gasteiger partial charge < -0.3 is 9.47 Å². The fourth-order valence-electron chi connectivity index (χ4n) is 4.85. The van der Waals surface area contributed by atoms with Crippen LogP contribution in [0.25, 0.3) is 22.5 Å². The maximum Gasteiger partial charge on any atom is 0.204 e. The number of H-pyrrole nitrogens is 1. The van der Waals surface area contributed by atoms with Crippen LogP contribution in [-0.2, 0) is 0 Å². The largest absolute Gasteiger partial charge is 0.490 e. The van der Waals surface area contributed by atoms with Gasteiger partial charge in [0.2, 0.25) is 5.82 Å². The van der Waals surface area contributed by atoms with Gasteiger partial charge in [0.15, 0.2) is 11.5 Å². The van der Waals surface area contributed by atoms with Crippen LogP contribution >= 0.6 is 0 Å². The average molecular weight is 535 g/mol. The second-order valence-electron chi connectivity index (χ2n) is 10.6. The fraction of sp³-hybridized carbons (Fsp3) is 0.606. The lowest BCUT2D eigenvalue weighted by atomic mass is 10.0. The third kappa shape index (κ3) is 11.8. The molecule has 0 aliphatic heterocycles. The highest BCUT2D eigenvalue weighted by molar-refractivity contribution is 5.70. The van der Waals surface area contributed by atoms with Crippen LogP contribution in [0.4, 0.5) is 0 Å². The van der Waals surface area contributed by atoms with Crippen LogP contribution in [0.15, 0.2) is 42.5 Å². The van der Waals surface area contributed by atoms with Gasteiger partial charge in [-0.05, 0) is 41.3 Å². The van der Waals surface area contributed by atoms with Crippen LogP contribution < -0.4 is 9.47 Å². The number of hydrogen-bond donors (Lipinski definition) is 1. The summed E-state index contributed by atoms with van der Waals surface area (Å²) in [4.78, 5) is 0. The van der Waals surface area contributed by atoms with Crippen molar-refractivity contribution in [2.45, 2.75) is 117 Å². The molecule has 39 heavy (non-hydrogen) atoms. The van der Waals surface area contributed by atoms with Gasteiger partial charge in [-0.2, -0.15) is 5.21 Å². The summed E-state index contributed by atoms with van der Waals surface area (Å²) in [7, 11) is 0. The molecule has 214 valence electrons. The molecule has 0 fully saturated rings. The molecule has 2 aromatic carbocycles. The van der Waals surface area contributed by atoms with Gasteiger partial charge >= 0.3 is 0 Å². The second-order valence-corrected chi connectivity index (χ2v) is 10.6. The lowest BCUT2D eigenvalue weighted by Crippen LogP contribution is -2.03. The predicted octanol–water partition coefficient (Wildman–Crippen LogP) is 9.57. The first kappa shape index (κ1) is 30.6. The standard InChI is InChI=1S/C33H50N4O2/c1-3-5-7-9-11-13-15-17-25-38-31-24-23-30(28-19-21-29(22-20-28)33-34-36-37-35-33)27-32(31)39-26-18-16-14-12-10-8-6-4-2/h19-24,27H,3-18,25-26H2,1-2H3,(H,34,35,36,37). The van der Waals surface area contributed by atoms with E-state index >= 15 is 0 Å². The number of tetrazole rings is 1. The van der Waals surface area contributed by atoms with E-state index in [0.717, 1.165) is 54.2 Å². The van der Waals surface area contributed by atoms with Crippen LogP contribution in [0.5, 0.6) is 11.5 Å². The molecule has 1 aromatic heterocycles. The van der Waals surface area contributed by atoms with Gasteiger partial charge in [0.1, 0.15) is 0 Å². The number of nitrogens with zero attached hydrogens (tertiary/aromatic N) is 3. The third-order valence-electron chi connectivity index (χ3n) is 7.28. The summed E-state index contributed by atoms with van der Waals surface area (Å²) in [6.45, 7) is 6.00. The first-order valence-corrected chi connectivity index (χ1v) is 15.6. The van der Waals surface area contributed by atoms with Crippen molar-refractivity contribution in [1.29, 1.82) is 0 Å². The number of benzene rings is 2. The number of aromatic amines is 1. The van der Waals surface area contributed by atoms with Gasteiger partial charge in [-0.1, -0.05) is 134 Å². The molecular weight excluding hydrogens is 484 g/mol. The Morgan fingerprint density at radius 1 is 0.538 bits per heavy atom. The van der Waals surface area contributed by atoms with Crippen LogP contribution in [0.3, 0.4) is 0 Å². The summed E-state index contributed by atoms with van der Waals surface area (Å²) in [6.07, 6.45) is 20.7. The maximum absolute atomic E-state index is 6.30. The second kappa shape index (κ2) is 19.2. The molecule has 0 atom stereocenters. The molecule has 0 radical (unpaired) electrons. The average Bonchev–Trinajstić information content (AvgIpc) is 3.51. The van der Waals surface area contributed by atoms with Crippen molar-refractivity contribution >= 4 is 0 Å². The molecule has 3 rings (SSSR count). The smallest absolute Gasteiger partial charge is 0.204 e. The van der Waals surface area contributed by atoms with Crippen molar-refractivity contribution in [3.8, 4) is 34.0 Å². The summed E-state index contributed by atoms with van der Waals surface area (Å²) >= 11 is 0. The van der Waals surface area contributed by atoms with Crippen molar-refractivity contribution in [2.75, 3.05) is 13.2 Å². The monoisotopic (exact) mass is 534 g/mol. The SMILES string of the molecule is CCCCCCCCCCOc1ccc(-c2ccc(-c3nn[nH]n3)cc2)cc1OCCCCCCCCCC. The van der Waals surface area contributed by atoms with Crippen LogP contribution in [0, 0.1) is 0 Å². The summed E-state index contributed by atoms with van der Waals surface area (Å²) in [5.74, 6) is 2.29. The summed E-state index contributed by atoms with van der Waals surface area (Å²) in [6, 6.07) is 14.5. The molecule has 0 saturated carbocycles. The van der Waals surface area contributed by atoms with Crippen LogP contribution in [0.1, 0.15) is 117 Å². The van der Waals surface area contributed by atoms with E-state index in [-0.39, 0.29) is 0 Å². The van der Waals surface area contributed by atoms with E-state index in [4.69, 9.17) is 9.47 Å². The van der Waals surface area contributed by atoms with E-state index in [1.54, 1.807) is 0 Å². The van der Waals surface area contributed by atoms with E-state index < -0.39 is 0 Å². The minimum absolute atomic E-state index is 0.598. The first-order valence-electron chi connectivity index (χ1n) is 15.6. The van der Waals surface area contributed by atoms with E-state index in [1.807, 2.05) is 12.1 Å². The zero-order chi connectivity index (χ0) is 27.4. The van der Waals surface area contributed by atoms with Crippen LogP contribution in [-0.4, -0.2) is 33.8 Å². The van der Waals surface area contributed by atoms with Crippen LogP contribution in [0.2, 0.25) is 0 Å². The zero-order valence-electron chi connectivity index (χ0n) is 24.4. The van der Waals surface area contributed by atoms with Crippen molar-refractivity contribution in [3.63, 3.8) is 0 Å². The zero-order valence-corrected chi connectivity index (χ0v) is 24.4. The van der Waals surface area contributed by atoms with Gasteiger partial charge in [-0.3, -0.25) is 0 Å². The molecule has 1 heterocycles. The maximum atomic E-state index is 6.30. The molecule has 1 N–H and O–H groups in total. The van der Waals surface area contributed by atoms with Gasteiger partial charge in [0.05, 0.1) is 13.2 Å². The third-order valence-corrected chi connectivity index (χ3v) is 7.28. The first-order chi connectivity index (χ1) is 19.3. The summed E-state index contributed by atoms with van der Waals surface area (Å²) in [5.41, 5.74) is 3.16. The molecule has 0 amide bonds. The summed E-state index contributed by atoms with van der Waals surface area (Å²) < 4.78 is 12.5. The lowest BCUT2D eigenvalue weighted by molar-refractivity contribution is 0.258. The number of nitrogens with one attached hydrogen (secondary N) is 1. The quantitative estimate of drug-likeness (QED) is 0.130. The molecule has 0 aliphatic rings. The Bertz CT molecular complexity index is 1010. The molecule has 0 saturated heterocycles. The Balaban J connectivity index is 1.52. The molecule has 6 heteroatoms. The van der Waals surface area contributed by atoms with E-state index in [0.29, 0.717) is 5.82 Å². The normalized spacial score (nSPS) is 11.1. The number of rotatable bonds is 22. The molecule has 0 unspecified atom stereocenters. The molecular formula is C33H50N4O2. The van der Waals surface area contributed by atoms with Crippen molar-refractivity contribution in [1.82, 2.24) is 20.6 Å². The van der Waals surface area contributed by atoms with Gasteiger partial charge in [0, 0.05) is 5.56 Å². The summed E-state index contributed by atoms with van der Waals surface area (Å²) in [5, 5.41) is 14.3. The van der Waals surface area contributed by atoms with Crippen molar-refractivity contribution in [3.05, 3.63) is 42.5 Å². The highest BCUT2D eigenvalue weighted by Crippen LogP contribution is 2.34.